The second-order valence-corrected chi connectivity index (χ2v) is 5.90. The number of ketones is 1. The third-order valence-electron chi connectivity index (χ3n) is 5.03. The number of oxime groups is 1. The molecule has 1 aliphatic carbocycles. The Morgan fingerprint density at radius 1 is 1.08 bits per heavy atom. The van der Waals surface area contributed by atoms with Gasteiger partial charge in [-0.25, -0.2) is 0 Å². The van der Waals surface area contributed by atoms with Crippen molar-refractivity contribution >= 4 is 18.5 Å². The van der Waals surface area contributed by atoms with Crippen molar-refractivity contribution in [2.75, 3.05) is 0 Å². The molecule has 4 heteroatoms. The number of hydrogen-bond donors (Lipinski definition) is 0. The number of fused-ring (bicyclic) bond motifs is 3. The van der Waals surface area contributed by atoms with Crippen LogP contribution in [0.5, 0.6) is 0 Å². The maximum Gasteiger partial charge on any atom is 0.323 e. The van der Waals surface area contributed by atoms with Crippen LogP contribution in [0, 0.1) is 0 Å². The van der Waals surface area contributed by atoms with Crippen LogP contribution in [0.25, 0.3) is 11.1 Å². The maximum atomic E-state index is 12.2. The molecule has 0 saturated heterocycles. The van der Waals surface area contributed by atoms with Crippen LogP contribution in [0.2, 0.25) is 0 Å². The van der Waals surface area contributed by atoms with Crippen LogP contribution in [0.15, 0.2) is 47.6 Å². The van der Waals surface area contributed by atoms with Crippen LogP contribution in [-0.4, -0.2) is 18.5 Å². The van der Waals surface area contributed by atoms with E-state index < -0.39 is 0 Å². The second-order valence-electron chi connectivity index (χ2n) is 5.90. The Morgan fingerprint density at radius 2 is 1.79 bits per heavy atom. The third-order valence-corrected chi connectivity index (χ3v) is 5.03. The summed E-state index contributed by atoms with van der Waals surface area (Å²) in [4.78, 5) is 26.6. The van der Waals surface area contributed by atoms with Gasteiger partial charge in [0.15, 0.2) is 0 Å². The monoisotopic (exact) mass is 321 g/mol. The van der Waals surface area contributed by atoms with Crippen molar-refractivity contribution in [3.8, 4) is 11.1 Å². The average Bonchev–Trinajstić information content (AvgIpc) is 2.91. The Balaban J connectivity index is 2.11. The fourth-order valence-corrected chi connectivity index (χ4v) is 3.80. The Morgan fingerprint density at radius 3 is 2.50 bits per heavy atom. The molecule has 0 radical (unpaired) electrons. The summed E-state index contributed by atoms with van der Waals surface area (Å²) in [7, 11) is 0. The lowest BCUT2D eigenvalue weighted by Gasteiger charge is -2.29. The van der Waals surface area contributed by atoms with Gasteiger partial charge in [0.25, 0.3) is 0 Å². The number of benzene rings is 2. The molecule has 4 nitrogen and oxygen atoms in total. The summed E-state index contributed by atoms with van der Waals surface area (Å²) in [5, 5.41) is 3.33. The first-order valence-electron chi connectivity index (χ1n) is 8.09. The molecule has 0 N–H and O–H groups in total. The molecule has 0 fully saturated rings. The van der Waals surface area contributed by atoms with Crippen LogP contribution >= 0.6 is 0 Å². The van der Waals surface area contributed by atoms with Crippen molar-refractivity contribution in [2.45, 2.75) is 32.1 Å². The van der Waals surface area contributed by atoms with Crippen molar-refractivity contribution in [3.05, 3.63) is 59.2 Å². The summed E-state index contributed by atoms with van der Waals surface area (Å²) >= 11 is 0. The molecule has 0 unspecified atom stereocenters. The van der Waals surface area contributed by atoms with E-state index in [0.29, 0.717) is 5.56 Å². The Kier molecular flexibility index (Phi) is 4.30. The van der Waals surface area contributed by atoms with E-state index in [9.17, 15) is 9.59 Å². The van der Waals surface area contributed by atoms with E-state index in [4.69, 9.17) is 0 Å². The molecule has 0 heterocycles. The van der Waals surface area contributed by atoms with E-state index in [2.05, 4.69) is 42.0 Å². The Labute approximate surface area is 141 Å². The zero-order valence-corrected chi connectivity index (χ0v) is 13.8. The number of nitrogens with zero attached hydrogens (tertiary/aromatic N) is 1. The Bertz CT molecular complexity index is 819. The summed E-state index contributed by atoms with van der Waals surface area (Å²) in [6, 6.07) is 14.2. The fraction of sp³-hybridized carbons (Fsp3) is 0.250. The topological polar surface area (TPSA) is 55.7 Å². The molecule has 24 heavy (non-hydrogen) atoms. The number of hydrogen-bond acceptors (Lipinski definition) is 4. The average molecular weight is 321 g/mol. The first kappa shape index (κ1) is 16.1. The molecule has 2 aromatic carbocycles. The highest BCUT2D eigenvalue weighted by molar-refractivity contribution is 6.35. The molecule has 1 aliphatic rings. The van der Waals surface area contributed by atoms with Crippen LogP contribution in [-0.2, 0) is 15.0 Å². The number of carbonyl (C=O) groups is 2. The van der Waals surface area contributed by atoms with E-state index in [-0.39, 0.29) is 17.7 Å². The van der Waals surface area contributed by atoms with Crippen molar-refractivity contribution in [1.82, 2.24) is 0 Å². The zero-order valence-electron chi connectivity index (χ0n) is 13.8. The van der Waals surface area contributed by atoms with Gasteiger partial charge in [-0.15, -0.1) is 0 Å². The predicted octanol–water partition coefficient (Wildman–Crippen LogP) is 4.11. The number of rotatable bonds is 6. The summed E-state index contributed by atoms with van der Waals surface area (Å²) < 4.78 is 0. The second kappa shape index (κ2) is 6.40. The van der Waals surface area contributed by atoms with Crippen LogP contribution in [0.4, 0.5) is 0 Å². The molecule has 3 rings (SSSR count). The quantitative estimate of drug-likeness (QED) is 0.264. The molecule has 0 saturated carbocycles. The molecule has 122 valence electrons. The molecule has 2 aromatic rings. The number of carbonyl (C=O) groups excluding carboxylic acids is 2. The highest BCUT2D eigenvalue weighted by Crippen LogP contribution is 2.52. The van der Waals surface area contributed by atoms with E-state index in [1.165, 1.54) is 22.3 Å². The minimum Gasteiger partial charge on any atom is -0.322 e. The van der Waals surface area contributed by atoms with Crippen molar-refractivity contribution < 1.29 is 14.4 Å². The normalized spacial score (nSPS) is 14.2. The van der Waals surface area contributed by atoms with Gasteiger partial charge in [-0.3, -0.25) is 9.59 Å². The summed E-state index contributed by atoms with van der Waals surface area (Å²) in [5.74, 6) is -0.281. The van der Waals surface area contributed by atoms with Gasteiger partial charge in [0.05, 0.1) is 0 Å². The van der Waals surface area contributed by atoms with Gasteiger partial charge in [-0.2, -0.15) is 0 Å². The minimum atomic E-state index is -0.281. The van der Waals surface area contributed by atoms with Crippen LogP contribution in [0.1, 0.15) is 48.2 Å². The highest BCUT2D eigenvalue weighted by atomic mass is 16.7. The Hall–Kier alpha value is -2.75. The number of Topliss-reactive ketones (excluding diaryl/α,β-unsaturated/α-hetero) is 1. The van der Waals surface area contributed by atoms with Crippen LogP contribution in [0.3, 0.4) is 0 Å². The van der Waals surface area contributed by atoms with E-state index in [0.717, 1.165) is 19.1 Å². The van der Waals surface area contributed by atoms with Crippen LogP contribution < -0.4 is 0 Å². The van der Waals surface area contributed by atoms with Gasteiger partial charge in [-0.1, -0.05) is 55.4 Å². The third kappa shape index (κ3) is 2.35. The lowest BCUT2D eigenvalue weighted by atomic mass is 9.73. The van der Waals surface area contributed by atoms with Gasteiger partial charge in [0.2, 0.25) is 5.78 Å². The van der Waals surface area contributed by atoms with Gasteiger partial charge in [0.1, 0.15) is 6.21 Å². The molecule has 0 atom stereocenters. The SMILES string of the molecule is CCC1(CC)c2ccccc2-c2ccc(C(=O)/C=N/OC=O)cc21. The molecule has 0 bridgehead atoms. The van der Waals surface area contributed by atoms with Crippen molar-refractivity contribution in [3.63, 3.8) is 0 Å². The van der Waals surface area contributed by atoms with Gasteiger partial charge in [0, 0.05) is 11.0 Å². The molecule has 0 amide bonds. The van der Waals surface area contributed by atoms with E-state index in [1.54, 1.807) is 6.07 Å². The van der Waals surface area contributed by atoms with Gasteiger partial charge < -0.3 is 4.84 Å². The highest BCUT2D eigenvalue weighted by Gasteiger charge is 2.40. The molecule has 0 aromatic heterocycles. The smallest absolute Gasteiger partial charge is 0.322 e. The summed E-state index contributed by atoms with van der Waals surface area (Å²) in [6.07, 6.45) is 2.96. The molecule has 0 spiro atoms. The molecule has 0 aliphatic heterocycles. The van der Waals surface area contributed by atoms with E-state index in [1.807, 2.05) is 18.2 Å². The maximum absolute atomic E-state index is 12.2. The molecular weight excluding hydrogens is 302 g/mol. The minimum absolute atomic E-state index is 0.0708. The van der Waals surface area contributed by atoms with Crippen molar-refractivity contribution in [1.29, 1.82) is 0 Å². The van der Waals surface area contributed by atoms with Gasteiger partial charge >= 0.3 is 6.47 Å². The largest absolute Gasteiger partial charge is 0.323 e. The predicted molar refractivity (Wildman–Crippen MR) is 93.2 cm³/mol. The summed E-state index contributed by atoms with van der Waals surface area (Å²) in [6.45, 7) is 4.55. The van der Waals surface area contributed by atoms with E-state index >= 15 is 0 Å². The molecular formula is C20H19NO3. The first-order valence-corrected chi connectivity index (χ1v) is 8.09. The lowest BCUT2D eigenvalue weighted by Crippen LogP contribution is -2.23. The van der Waals surface area contributed by atoms with Gasteiger partial charge in [-0.05, 0) is 41.2 Å². The first-order chi connectivity index (χ1) is 11.7. The standard InChI is InChI=1S/C20H19NO3/c1-3-20(4-2)17-8-6-5-7-15(17)16-10-9-14(11-18(16)20)19(23)12-21-24-13-22/h5-13H,3-4H2,1-2H3/b21-12+. The summed E-state index contributed by atoms with van der Waals surface area (Å²) in [5.41, 5.74) is 5.42. The van der Waals surface area contributed by atoms with Crippen molar-refractivity contribution in [2.24, 2.45) is 5.16 Å². The zero-order chi connectivity index (χ0) is 17.2. The lowest BCUT2D eigenvalue weighted by molar-refractivity contribution is -0.128. The fourth-order valence-electron chi connectivity index (χ4n) is 3.80.